The Bertz CT molecular complexity index is 1280. The summed E-state index contributed by atoms with van der Waals surface area (Å²) in [4.78, 5) is 17.1. The second-order valence-corrected chi connectivity index (χ2v) is 7.49. The number of oxazole rings is 1. The molecule has 4 rings (SSSR count). The fourth-order valence-electron chi connectivity index (χ4n) is 3.13. The molecule has 0 saturated heterocycles. The van der Waals surface area contributed by atoms with Gasteiger partial charge in [0.15, 0.2) is 10.7 Å². The first-order valence-electron chi connectivity index (χ1n) is 9.78. The van der Waals surface area contributed by atoms with Gasteiger partial charge < -0.3 is 19.2 Å². The molecule has 0 atom stereocenters. The van der Waals surface area contributed by atoms with Gasteiger partial charge in [0.25, 0.3) is 5.91 Å². The number of thiocarbonyl (C=S) groups is 1. The number of carbonyl (C=O) groups is 1. The number of amides is 1. The minimum Gasteiger partial charge on any atom is -0.497 e. The van der Waals surface area contributed by atoms with Crippen molar-refractivity contribution < 1.29 is 18.7 Å². The molecule has 0 radical (unpaired) electrons. The lowest BCUT2D eigenvalue weighted by Gasteiger charge is -2.11. The lowest BCUT2D eigenvalue weighted by molar-refractivity contribution is 0.0977. The molecule has 1 heterocycles. The third kappa shape index (κ3) is 4.70. The first-order chi connectivity index (χ1) is 15.4. The zero-order valence-corrected chi connectivity index (χ0v) is 18.6. The van der Waals surface area contributed by atoms with Crippen LogP contribution in [0.25, 0.3) is 22.6 Å². The van der Waals surface area contributed by atoms with E-state index >= 15 is 0 Å². The van der Waals surface area contributed by atoms with Crippen LogP contribution in [0.1, 0.15) is 15.9 Å². The second kappa shape index (κ2) is 9.07. The van der Waals surface area contributed by atoms with Gasteiger partial charge in [0.2, 0.25) is 5.89 Å². The number of hydrogen-bond acceptors (Lipinski definition) is 6. The van der Waals surface area contributed by atoms with Crippen LogP contribution in [0.15, 0.2) is 65.1 Å². The standard InChI is InChI=1S/C24H21N3O4S/c1-14-4-9-21-20(10-14)26-23(31-21)15-5-7-17(8-6-15)25-24(32)27-22(28)16-11-18(29-2)13-19(12-16)30-3/h4-13H,1-3H3,(H2,25,27,28,32). The van der Waals surface area contributed by atoms with Crippen molar-refractivity contribution in [3.63, 3.8) is 0 Å². The first-order valence-corrected chi connectivity index (χ1v) is 10.2. The highest BCUT2D eigenvalue weighted by Crippen LogP contribution is 2.26. The van der Waals surface area contributed by atoms with E-state index in [4.69, 9.17) is 26.1 Å². The summed E-state index contributed by atoms with van der Waals surface area (Å²) < 4.78 is 16.2. The Morgan fingerprint density at radius 1 is 0.969 bits per heavy atom. The van der Waals surface area contributed by atoms with Crippen LogP contribution in [-0.4, -0.2) is 30.2 Å². The molecule has 3 aromatic carbocycles. The van der Waals surface area contributed by atoms with Crippen molar-refractivity contribution in [2.45, 2.75) is 6.92 Å². The number of benzene rings is 3. The zero-order chi connectivity index (χ0) is 22.7. The highest BCUT2D eigenvalue weighted by Gasteiger charge is 2.12. The third-order valence-corrected chi connectivity index (χ3v) is 4.98. The van der Waals surface area contributed by atoms with Gasteiger partial charge in [-0.3, -0.25) is 10.1 Å². The van der Waals surface area contributed by atoms with Crippen molar-refractivity contribution in [2.24, 2.45) is 0 Å². The number of aromatic nitrogens is 1. The smallest absolute Gasteiger partial charge is 0.257 e. The maximum Gasteiger partial charge on any atom is 0.257 e. The predicted octanol–water partition coefficient (Wildman–Crippen LogP) is 4.95. The molecular formula is C24H21N3O4S. The Hall–Kier alpha value is -3.91. The van der Waals surface area contributed by atoms with Gasteiger partial charge in [-0.1, -0.05) is 6.07 Å². The minimum absolute atomic E-state index is 0.168. The van der Waals surface area contributed by atoms with E-state index in [9.17, 15) is 4.79 Å². The molecule has 8 heteroatoms. The van der Waals surface area contributed by atoms with E-state index in [1.165, 1.54) is 14.2 Å². The maximum atomic E-state index is 12.6. The zero-order valence-electron chi connectivity index (χ0n) is 17.8. The van der Waals surface area contributed by atoms with Crippen molar-refractivity contribution in [2.75, 3.05) is 19.5 Å². The van der Waals surface area contributed by atoms with Crippen LogP contribution in [-0.2, 0) is 0 Å². The molecule has 162 valence electrons. The van der Waals surface area contributed by atoms with E-state index in [1.54, 1.807) is 18.2 Å². The van der Waals surface area contributed by atoms with Crippen LogP contribution in [0, 0.1) is 6.92 Å². The van der Waals surface area contributed by atoms with E-state index in [0.717, 1.165) is 22.2 Å². The van der Waals surface area contributed by atoms with Crippen LogP contribution < -0.4 is 20.1 Å². The molecule has 4 aromatic rings. The van der Waals surface area contributed by atoms with Gasteiger partial charge >= 0.3 is 0 Å². The van der Waals surface area contributed by atoms with E-state index in [2.05, 4.69) is 15.6 Å². The number of hydrogen-bond donors (Lipinski definition) is 2. The molecule has 32 heavy (non-hydrogen) atoms. The monoisotopic (exact) mass is 447 g/mol. The Balaban J connectivity index is 1.43. The Kier molecular flexibility index (Phi) is 6.04. The number of rotatable bonds is 5. The quantitative estimate of drug-likeness (QED) is 0.419. The predicted molar refractivity (Wildman–Crippen MR) is 127 cm³/mol. The number of aryl methyl sites for hydroxylation is 1. The van der Waals surface area contributed by atoms with Gasteiger partial charge in [0.1, 0.15) is 17.0 Å². The Morgan fingerprint density at radius 2 is 1.66 bits per heavy atom. The summed E-state index contributed by atoms with van der Waals surface area (Å²) >= 11 is 5.28. The van der Waals surface area contributed by atoms with Crippen LogP contribution in [0.5, 0.6) is 11.5 Å². The number of methoxy groups -OCH3 is 2. The van der Waals surface area contributed by atoms with Gasteiger partial charge in [0, 0.05) is 22.9 Å². The summed E-state index contributed by atoms with van der Waals surface area (Å²) in [5.41, 5.74) is 4.61. The van der Waals surface area contributed by atoms with Crippen LogP contribution in [0.3, 0.4) is 0 Å². The summed E-state index contributed by atoms with van der Waals surface area (Å²) in [5, 5.41) is 5.82. The van der Waals surface area contributed by atoms with Crippen molar-refractivity contribution >= 4 is 40.0 Å². The summed E-state index contributed by atoms with van der Waals surface area (Å²) in [7, 11) is 3.04. The van der Waals surface area contributed by atoms with Gasteiger partial charge in [-0.25, -0.2) is 4.98 Å². The molecule has 0 aliphatic carbocycles. The normalized spacial score (nSPS) is 10.6. The molecule has 0 bridgehead atoms. The average molecular weight is 448 g/mol. The first kappa shape index (κ1) is 21.3. The van der Waals surface area contributed by atoms with Gasteiger partial charge in [0.05, 0.1) is 14.2 Å². The fraction of sp³-hybridized carbons (Fsp3) is 0.125. The Labute approximate surface area is 190 Å². The van der Waals surface area contributed by atoms with Crippen molar-refractivity contribution in [1.82, 2.24) is 10.3 Å². The van der Waals surface area contributed by atoms with Crippen molar-refractivity contribution in [3.05, 3.63) is 71.8 Å². The molecule has 0 saturated carbocycles. The molecule has 0 spiro atoms. The van der Waals surface area contributed by atoms with Crippen molar-refractivity contribution in [1.29, 1.82) is 0 Å². The average Bonchev–Trinajstić information content (AvgIpc) is 3.22. The third-order valence-electron chi connectivity index (χ3n) is 4.77. The van der Waals surface area contributed by atoms with E-state index in [1.807, 2.05) is 49.4 Å². The molecule has 0 aliphatic rings. The molecule has 1 amide bonds. The van der Waals surface area contributed by atoms with E-state index < -0.39 is 0 Å². The number of fused-ring (bicyclic) bond motifs is 1. The van der Waals surface area contributed by atoms with Gasteiger partial charge in [-0.15, -0.1) is 0 Å². The minimum atomic E-state index is -0.377. The SMILES string of the molecule is COc1cc(OC)cc(C(=O)NC(=S)Nc2ccc(-c3nc4cc(C)ccc4o3)cc2)c1. The molecule has 0 unspecified atom stereocenters. The van der Waals surface area contributed by atoms with Crippen LogP contribution in [0.4, 0.5) is 5.69 Å². The summed E-state index contributed by atoms with van der Waals surface area (Å²) in [5.74, 6) is 1.19. The summed E-state index contributed by atoms with van der Waals surface area (Å²) in [6.07, 6.45) is 0. The molecule has 1 aromatic heterocycles. The van der Waals surface area contributed by atoms with E-state index in [0.29, 0.717) is 28.6 Å². The maximum absolute atomic E-state index is 12.6. The van der Waals surface area contributed by atoms with Crippen LogP contribution >= 0.6 is 12.2 Å². The van der Waals surface area contributed by atoms with Gasteiger partial charge in [-0.05, 0) is 73.2 Å². The largest absolute Gasteiger partial charge is 0.497 e. The molecular weight excluding hydrogens is 426 g/mol. The number of anilines is 1. The highest BCUT2D eigenvalue weighted by molar-refractivity contribution is 7.80. The van der Waals surface area contributed by atoms with E-state index in [-0.39, 0.29) is 11.0 Å². The lowest BCUT2D eigenvalue weighted by Crippen LogP contribution is -2.34. The Morgan fingerprint density at radius 3 is 2.31 bits per heavy atom. The molecule has 0 aliphatic heterocycles. The topological polar surface area (TPSA) is 85.6 Å². The number of ether oxygens (including phenoxy) is 2. The fourth-order valence-corrected chi connectivity index (χ4v) is 3.34. The summed E-state index contributed by atoms with van der Waals surface area (Å²) in [6.45, 7) is 2.01. The van der Waals surface area contributed by atoms with Crippen LogP contribution in [0.2, 0.25) is 0 Å². The summed E-state index contributed by atoms with van der Waals surface area (Å²) in [6, 6.07) is 18.2. The lowest BCUT2D eigenvalue weighted by atomic mass is 10.2. The molecule has 7 nitrogen and oxygen atoms in total. The number of nitrogens with zero attached hydrogens (tertiary/aromatic N) is 1. The highest BCUT2D eigenvalue weighted by atomic mass is 32.1. The second-order valence-electron chi connectivity index (χ2n) is 7.08. The molecule has 0 fully saturated rings. The number of nitrogens with one attached hydrogen (secondary N) is 2. The van der Waals surface area contributed by atoms with Crippen molar-refractivity contribution in [3.8, 4) is 23.0 Å². The number of carbonyl (C=O) groups excluding carboxylic acids is 1. The molecule has 2 N–H and O–H groups in total. The van der Waals surface area contributed by atoms with Gasteiger partial charge in [-0.2, -0.15) is 0 Å².